The van der Waals surface area contributed by atoms with Gasteiger partial charge in [0.05, 0.1) is 6.26 Å². The van der Waals surface area contributed by atoms with Crippen molar-refractivity contribution < 1.29 is 22.7 Å². The van der Waals surface area contributed by atoms with Gasteiger partial charge in [-0.2, -0.15) is 13.2 Å². The van der Waals surface area contributed by atoms with Crippen LogP contribution in [0.25, 0.3) is 0 Å². The first-order chi connectivity index (χ1) is 8.35. The molecule has 0 radical (unpaired) electrons. The van der Waals surface area contributed by atoms with Gasteiger partial charge in [-0.3, -0.25) is 0 Å². The van der Waals surface area contributed by atoms with Crippen molar-refractivity contribution in [3.8, 4) is 0 Å². The maximum absolute atomic E-state index is 13.1. The lowest BCUT2D eigenvalue weighted by molar-refractivity contribution is -0.254. The van der Waals surface area contributed by atoms with Crippen LogP contribution in [0.3, 0.4) is 0 Å². The summed E-state index contributed by atoms with van der Waals surface area (Å²) in [6, 6.07) is 7.12. The Morgan fingerprint density at radius 2 is 1.67 bits per heavy atom. The number of benzene rings is 1. The fourth-order valence-electron chi connectivity index (χ4n) is 1.62. The molecule has 1 N–H and O–H groups in total. The van der Waals surface area contributed by atoms with Crippen molar-refractivity contribution in [1.29, 1.82) is 0 Å². The molecule has 18 heavy (non-hydrogen) atoms. The lowest BCUT2D eigenvalue weighted by Gasteiger charge is -2.28. The van der Waals surface area contributed by atoms with Crippen LogP contribution in [0, 0.1) is 0 Å². The van der Waals surface area contributed by atoms with Crippen LogP contribution in [0.15, 0.2) is 47.1 Å². The molecule has 1 heterocycles. The Labute approximate surface area is 106 Å². The molecule has 0 saturated heterocycles. The minimum atomic E-state index is -4.90. The highest BCUT2D eigenvalue weighted by atomic mass is 35.5. The molecule has 96 valence electrons. The summed E-state index contributed by atoms with van der Waals surface area (Å²) < 4.78 is 44.0. The summed E-state index contributed by atoms with van der Waals surface area (Å²) in [7, 11) is 0. The number of alkyl halides is 3. The molecular weight excluding hydrogens is 269 g/mol. The second-order valence-electron chi connectivity index (χ2n) is 3.69. The summed E-state index contributed by atoms with van der Waals surface area (Å²) in [5, 5.41) is 10.3. The molecular formula is C12H8ClF3O2. The van der Waals surface area contributed by atoms with E-state index < -0.39 is 17.5 Å². The molecule has 0 aliphatic carbocycles. The molecule has 0 spiro atoms. The van der Waals surface area contributed by atoms with Crippen molar-refractivity contribution in [3.05, 3.63) is 59.0 Å². The van der Waals surface area contributed by atoms with Gasteiger partial charge >= 0.3 is 6.18 Å². The largest absolute Gasteiger partial charge is 0.466 e. The second kappa shape index (κ2) is 4.33. The van der Waals surface area contributed by atoms with E-state index in [9.17, 15) is 18.3 Å². The number of furan rings is 1. The topological polar surface area (TPSA) is 33.4 Å². The Morgan fingerprint density at radius 3 is 2.11 bits per heavy atom. The number of aliphatic hydroxyl groups is 1. The van der Waals surface area contributed by atoms with Crippen molar-refractivity contribution in [2.24, 2.45) is 0 Å². The third kappa shape index (κ3) is 2.00. The lowest BCUT2D eigenvalue weighted by Crippen LogP contribution is -2.43. The van der Waals surface area contributed by atoms with Gasteiger partial charge in [0, 0.05) is 10.6 Å². The van der Waals surface area contributed by atoms with E-state index in [0.717, 1.165) is 24.5 Å². The zero-order valence-electron chi connectivity index (χ0n) is 8.91. The standard InChI is InChI=1S/C12H8ClF3O2/c13-9-5-3-8(4-6-9)11(17,12(14,15)16)10-2-1-7-18-10/h1-7,17H. The van der Waals surface area contributed by atoms with E-state index in [-0.39, 0.29) is 10.6 Å². The van der Waals surface area contributed by atoms with Crippen LogP contribution in [0.5, 0.6) is 0 Å². The molecule has 1 atom stereocenters. The van der Waals surface area contributed by atoms with Crippen molar-refractivity contribution in [1.82, 2.24) is 0 Å². The SMILES string of the molecule is OC(c1ccc(Cl)cc1)(c1ccco1)C(F)(F)F. The summed E-state index contributed by atoms with van der Waals surface area (Å²) in [5.41, 5.74) is -3.53. The summed E-state index contributed by atoms with van der Waals surface area (Å²) in [6.07, 6.45) is -3.83. The third-order valence-corrected chi connectivity index (χ3v) is 2.80. The molecule has 0 saturated carbocycles. The fraction of sp³-hybridized carbons (Fsp3) is 0.167. The minimum absolute atomic E-state index is 0.280. The zero-order valence-corrected chi connectivity index (χ0v) is 9.66. The predicted molar refractivity (Wildman–Crippen MR) is 59.2 cm³/mol. The van der Waals surface area contributed by atoms with Crippen LogP contribution in [0.2, 0.25) is 5.02 Å². The van der Waals surface area contributed by atoms with Gasteiger partial charge in [-0.25, -0.2) is 0 Å². The van der Waals surface area contributed by atoms with Crippen LogP contribution in [-0.4, -0.2) is 11.3 Å². The van der Waals surface area contributed by atoms with Crippen molar-refractivity contribution >= 4 is 11.6 Å². The van der Waals surface area contributed by atoms with Gasteiger partial charge < -0.3 is 9.52 Å². The van der Waals surface area contributed by atoms with E-state index in [1.165, 1.54) is 18.2 Å². The maximum Gasteiger partial charge on any atom is 0.428 e. The summed E-state index contributed by atoms with van der Waals surface area (Å²) in [5.74, 6) is -0.586. The van der Waals surface area contributed by atoms with E-state index in [0.29, 0.717) is 0 Å². The highest BCUT2D eigenvalue weighted by Gasteiger charge is 2.58. The molecule has 2 nitrogen and oxygen atoms in total. The van der Waals surface area contributed by atoms with Crippen molar-refractivity contribution in [2.45, 2.75) is 11.8 Å². The van der Waals surface area contributed by atoms with E-state index >= 15 is 0 Å². The smallest absolute Gasteiger partial charge is 0.428 e. The molecule has 0 amide bonds. The molecule has 6 heteroatoms. The quantitative estimate of drug-likeness (QED) is 0.907. The normalized spacial score (nSPS) is 15.4. The van der Waals surface area contributed by atoms with Gasteiger partial charge in [-0.15, -0.1) is 0 Å². The van der Waals surface area contributed by atoms with E-state index in [4.69, 9.17) is 16.0 Å². The fourth-order valence-corrected chi connectivity index (χ4v) is 1.75. The van der Waals surface area contributed by atoms with E-state index in [1.54, 1.807) is 0 Å². The predicted octanol–water partition coefficient (Wildman–Crippen LogP) is 3.73. The Kier molecular flexibility index (Phi) is 3.12. The molecule has 2 aromatic rings. The van der Waals surface area contributed by atoms with Crippen LogP contribution >= 0.6 is 11.6 Å². The summed E-state index contributed by atoms with van der Waals surface area (Å²) in [6.45, 7) is 0. The van der Waals surface area contributed by atoms with Crippen molar-refractivity contribution in [2.75, 3.05) is 0 Å². The number of rotatable bonds is 2. The highest BCUT2D eigenvalue weighted by molar-refractivity contribution is 6.30. The molecule has 2 rings (SSSR count). The molecule has 1 aromatic carbocycles. The maximum atomic E-state index is 13.1. The van der Waals surface area contributed by atoms with Gasteiger partial charge in [0.25, 0.3) is 0 Å². The van der Waals surface area contributed by atoms with Gasteiger partial charge in [0.15, 0.2) is 0 Å². The van der Waals surface area contributed by atoms with Gasteiger partial charge in [-0.05, 0) is 24.3 Å². The summed E-state index contributed by atoms with van der Waals surface area (Å²) >= 11 is 5.61. The first-order valence-corrected chi connectivity index (χ1v) is 5.32. The average molecular weight is 277 g/mol. The van der Waals surface area contributed by atoms with Crippen molar-refractivity contribution in [3.63, 3.8) is 0 Å². The second-order valence-corrected chi connectivity index (χ2v) is 4.13. The first kappa shape index (κ1) is 13.0. The minimum Gasteiger partial charge on any atom is -0.466 e. The van der Waals surface area contributed by atoms with Gasteiger partial charge in [0.2, 0.25) is 5.60 Å². The average Bonchev–Trinajstić information content (AvgIpc) is 2.81. The Balaban J connectivity index is 2.60. The number of hydrogen-bond acceptors (Lipinski definition) is 2. The molecule has 0 fully saturated rings. The molecule has 0 bridgehead atoms. The lowest BCUT2D eigenvalue weighted by atomic mass is 9.90. The Hall–Kier alpha value is -1.46. The van der Waals surface area contributed by atoms with E-state index in [1.807, 2.05) is 0 Å². The van der Waals surface area contributed by atoms with Crippen LogP contribution in [0.1, 0.15) is 11.3 Å². The zero-order chi connectivity index (χ0) is 13.4. The van der Waals surface area contributed by atoms with E-state index in [2.05, 4.69) is 0 Å². The number of halogens is 4. The Bertz CT molecular complexity index is 519. The molecule has 0 aliphatic rings. The molecule has 1 unspecified atom stereocenters. The molecule has 1 aromatic heterocycles. The molecule has 0 aliphatic heterocycles. The van der Waals surface area contributed by atoms with Crippen LogP contribution < -0.4 is 0 Å². The van der Waals surface area contributed by atoms with Crippen LogP contribution in [0.4, 0.5) is 13.2 Å². The highest BCUT2D eigenvalue weighted by Crippen LogP contribution is 2.44. The van der Waals surface area contributed by atoms with Crippen LogP contribution in [-0.2, 0) is 5.60 Å². The van der Waals surface area contributed by atoms with Gasteiger partial charge in [-0.1, -0.05) is 23.7 Å². The summed E-state index contributed by atoms with van der Waals surface area (Å²) in [4.78, 5) is 0. The van der Waals surface area contributed by atoms with Gasteiger partial charge in [0.1, 0.15) is 5.76 Å². The Morgan fingerprint density at radius 1 is 1.06 bits per heavy atom. The first-order valence-electron chi connectivity index (χ1n) is 4.95. The monoisotopic (exact) mass is 276 g/mol. The third-order valence-electron chi connectivity index (χ3n) is 2.55. The number of hydrogen-bond donors (Lipinski definition) is 1.